The predicted molar refractivity (Wildman–Crippen MR) is 31.8 cm³/mol. The van der Waals surface area contributed by atoms with Crippen molar-refractivity contribution < 1.29 is 4.39 Å². The van der Waals surface area contributed by atoms with Gasteiger partial charge in [0.2, 0.25) is 0 Å². The van der Waals surface area contributed by atoms with E-state index < -0.39 is 0 Å². The molecular formula is C6H4FSn+3. The molecule has 1 rings (SSSR count). The Morgan fingerprint density at radius 1 is 1.12 bits per heavy atom. The van der Waals surface area contributed by atoms with Gasteiger partial charge < -0.3 is 0 Å². The van der Waals surface area contributed by atoms with Crippen LogP contribution in [-0.2, 0) is 0 Å². The second-order valence-electron chi connectivity index (χ2n) is 1.51. The van der Waals surface area contributed by atoms with Gasteiger partial charge >= 0.3 is 60.6 Å². The van der Waals surface area contributed by atoms with Crippen molar-refractivity contribution in [1.29, 1.82) is 0 Å². The molecule has 0 heterocycles. The van der Waals surface area contributed by atoms with Gasteiger partial charge in [0.25, 0.3) is 0 Å². The molecule has 0 aromatic heterocycles. The molecule has 0 bridgehead atoms. The van der Waals surface area contributed by atoms with E-state index in [4.69, 9.17) is 0 Å². The number of benzene rings is 1. The van der Waals surface area contributed by atoms with Crippen molar-refractivity contribution >= 4 is 26.1 Å². The fraction of sp³-hybridized carbons (Fsp3) is 0. The van der Waals surface area contributed by atoms with Gasteiger partial charge in [0.05, 0.1) is 0 Å². The Morgan fingerprint density at radius 3 is 2.00 bits per heavy atom. The molecule has 0 amide bonds. The minimum absolute atomic E-state index is 0.156. The first-order valence-electron chi connectivity index (χ1n) is 2.26. The molecule has 0 atom stereocenters. The van der Waals surface area contributed by atoms with E-state index in [1.165, 1.54) is 38.2 Å². The van der Waals surface area contributed by atoms with E-state index in [2.05, 4.69) is 0 Å². The molecule has 0 aliphatic heterocycles. The first kappa shape index (κ1) is 6.07. The van der Waals surface area contributed by atoms with E-state index in [1.54, 1.807) is 12.1 Å². The molecule has 0 unspecified atom stereocenters. The van der Waals surface area contributed by atoms with Gasteiger partial charge in [-0.15, -0.1) is 0 Å². The third-order valence-electron chi connectivity index (χ3n) is 0.844. The fourth-order valence-electron chi connectivity index (χ4n) is 0.450. The van der Waals surface area contributed by atoms with Crippen LogP contribution in [0, 0.1) is 5.82 Å². The predicted octanol–water partition coefficient (Wildman–Crippen LogP) is 0.619. The molecule has 0 radical (unpaired) electrons. The first-order valence-corrected chi connectivity index (χ1v) is 3.69. The Hall–Kier alpha value is -0.0513. The molecule has 2 heteroatoms. The number of hydrogen-bond donors (Lipinski definition) is 0. The van der Waals surface area contributed by atoms with Crippen molar-refractivity contribution in [2.24, 2.45) is 0 Å². The molecule has 0 nitrogen and oxygen atoms in total. The average Bonchev–Trinajstić information content (AvgIpc) is 1.77. The number of halogens is 1. The maximum absolute atomic E-state index is 12.1. The third kappa shape index (κ3) is 1.47. The second-order valence-corrected chi connectivity index (χ2v) is 3.15. The molecule has 36 valence electrons. The van der Waals surface area contributed by atoms with Crippen LogP contribution in [0.1, 0.15) is 0 Å². The van der Waals surface area contributed by atoms with Crippen LogP contribution in [0.25, 0.3) is 0 Å². The summed E-state index contributed by atoms with van der Waals surface area (Å²) >= 11 is 1.33. The summed E-state index contributed by atoms with van der Waals surface area (Å²) in [5, 5.41) is 0. The normalized spacial score (nSPS) is 9.38. The van der Waals surface area contributed by atoms with Crippen molar-refractivity contribution in [3.05, 3.63) is 30.1 Å². The minimum atomic E-state index is -0.156. The topological polar surface area (TPSA) is 0 Å². The van der Waals surface area contributed by atoms with E-state index >= 15 is 0 Å². The van der Waals surface area contributed by atoms with Crippen LogP contribution in [0.3, 0.4) is 0 Å². The fourth-order valence-corrected chi connectivity index (χ4v) is 0.926. The zero-order chi connectivity index (χ0) is 5.98. The van der Waals surface area contributed by atoms with Crippen LogP contribution in [0.5, 0.6) is 0 Å². The van der Waals surface area contributed by atoms with Crippen LogP contribution in [-0.4, -0.2) is 22.5 Å². The Labute approximate surface area is 60.8 Å². The summed E-state index contributed by atoms with van der Waals surface area (Å²) in [6.45, 7) is 0. The second kappa shape index (κ2) is 2.48. The average molecular weight is 214 g/mol. The van der Waals surface area contributed by atoms with E-state index in [0.717, 1.165) is 0 Å². The molecule has 0 saturated carbocycles. The van der Waals surface area contributed by atoms with Crippen molar-refractivity contribution in [2.45, 2.75) is 0 Å². The monoisotopic (exact) mass is 215 g/mol. The van der Waals surface area contributed by atoms with Crippen LogP contribution < -0.4 is 3.58 Å². The molecule has 8 heavy (non-hydrogen) atoms. The summed E-state index contributed by atoms with van der Waals surface area (Å²) < 4.78 is 13.3. The molecule has 1 aromatic rings. The van der Waals surface area contributed by atoms with Crippen LogP contribution in [0.4, 0.5) is 4.39 Å². The molecule has 0 saturated heterocycles. The summed E-state index contributed by atoms with van der Waals surface area (Å²) in [6.07, 6.45) is 0. The van der Waals surface area contributed by atoms with Gasteiger partial charge in [-0.2, -0.15) is 0 Å². The number of rotatable bonds is 0. The van der Waals surface area contributed by atoms with Gasteiger partial charge in [0.1, 0.15) is 0 Å². The quantitative estimate of drug-likeness (QED) is 0.555. The van der Waals surface area contributed by atoms with Crippen LogP contribution >= 0.6 is 0 Å². The summed E-state index contributed by atoms with van der Waals surface area (Å²) in [4.78, 5) is 0. The van der Waals surface area contributed by atoms with Gasteiger partial charge in [0.15, 0.2) is 0 Å². The third-order valence-corrected chi connectivity index (χ3v) is 1.80. The van der Waals surface area contributed by atoms with Crippen LogP contribution in [0.2, 0.25) is 0 Å². The van der Waals surface area contributed by atoms with Gasteiger partial charge in [-0.25, -0.2) is 0 Å². The first-order chi connectivity index (χ1) is 3.79. The van der Waals surface area contributed by atoms with Gasteiger partial charge in [-0.05, 0) is 0 Å². The SMILES string of the molecule is Fc1cc[c]([Sn+3])cc1. The summed E-state index contributed by atoms with van der Waals surface area (Å²) in [6, 6.07) is 6.52. The molecule has 1 aromatic carbocycles. The van der Waals surface area contributed by atoms with E-state index in [-0.39, 0.29) is 5.82 Å². The zero-order valence-electron chi connectivity index (χ0n) is 4.19. The molecule has 0 aliphatic carbocycles. The van der Waals surface area contributed by atoms with Gasteiger partial charge in [0, 0.05) is 0 Å². The Bertz CT molecular complexity index is 147. The van der Waals surface area contributed by atoms with Crippen molar-refractivity contribution in [1.82, 2.24) is 0 Å². The zero-order valence-corrected chi connectivity index (χ0v) is 7.04. The molecule has 0 fully saturated rings. The summed E-state index contributed by atoms with van der Waals surface area (Å²) in [5.41, 5.74) is 0. The Kier molecular flexibility index (Phi) is 1.89. The van der Waals surface area contributed by atoms with Crippen molar-refractivity contribution in [3.63, 3.8) is 0 Å². The Balaban J connectivity index is 3.03. The number of hydrogen-bond acceptors (Lipinski definition) is 0. The van der Waals surface area contributed by atoms with Crippen LogP contribution in [0.15, 0.2) is 24.3 Å². The summed E-state index contributed by atoms with van der Waals surface area (Å²) in [5.74, 6) is -0.156. The van der Waals surface area contributed by atoms with Crippen molar-refractivity contribution in [2.75, 3.05) is 0 Å². The molecule has 0 N–H and O–H groups in total. The van der Waals surface area contributed by atoms with E-state index in [9.17, 15) is 4.39 Å². The maximum atomic E-state index is 12.1. The van der Waals surface area contributed by atoms with E-state index in [1.807, 2.05) is 0 Å². The molecule has 0 aliphatic rings. The summed E-state index contributed by atoms with van der Waals surface area (Å²) in [7, 11) is 0. The van der Waals surface area contributed by atoms with Crippen molar-refractivity contribution in [3.8, 4) is 0 Å². The molecular weight excluding hydrogens is 210 g/mol. The molecule has 0 spiro atoms. The van der Waals surface area contributed by atoms with E-state index in [0.29, 0.717) is 0 Å². The van der Waals surface area contributed by atoms with Gasteiger partial charge in [-0.1, -0.05) is 0 Å². The van der Waals surface area contributed by atoms with Gasteiger partial charge in [-0.3, -0.25) is 0 Å². The standard InChI is InChI=1S/C6H4F.Sn/c7-6-4-2-1-3-5-6;/h2-5H;/q;+3. The Morgan fingerprint density at radius 2 is 1.62 bits per heavy atom.